The Morgan fingerprint density at radius 2 is 1.86 bits per heavy atom. The fourth-order valence-corrected chi connectivity index (χ4v) is 2.97. The molecule has 1 fully saturated rings. The van der Waals surface area contributed by atoms with E-state index in [9.17, 15) is 9.59 Å². The number of halogens is 6. The predicted octanol–water partition coefficient (Wildman–Crippen LogP) is 5.40. The summed E-state index contributed by atoms with van der Waals surface area (Å²) in [4.78, 5) is 26.2. The molecule has 22 heavy (non-hydrogen) atoms. The number of anilines is 1. The quantitative estimate of drug-likeness (QED) is 0.244. The molecule has 1 aliphatic heterocycles. The molecule has 2 rings (SSSR count). The second-order valence-electron chi connectivity index (χ2n) is 3.81. The van der Waals surface area contributed by atoms with Crippen molar-refractivity contribution >= 4 is 108 Å². The summed E-state index contributed by atoms with van der Waals surface area (Å²) in [6, 6.07) is 3.60. The van der Waals surface area contributed by atoms with E-state index in [-0.39, 0.29) is 5.69 Å². The van der Waals surface area contributed by atoms with Gasteiger partial charge in [-0.1, -0.05) is 46.4 Å². The van der Waals surface area contributed by atoms with Gasteiger partial charge in [0.25, 0.3) is 3.92 Å². The Kier molecular flexibility index (Phi) is 5.81. The van der Waals surface area contributed by atoms with E-state index in [1.165, 1.54) is 12.1 Å². The van der Waals surface area contributed by atoms with Crippen LogP contribution in [0.3, 0.4) is 0 Å². The van der Waals surface area contributed by atoms with Gasteiger partial charge in [-0.05, 0) is 44.8 Å². The lowest BCUT2D eigenvalue weighted by atomic mass is 10.3. The number of benzene rings is 1. The molecular weight excluding hydrogens is 483 g/mol. The molecule has 0 saturated carbocycles. The first kappa shape index (κ1) is 18.4. The Morgan fingerprint density at radius 1 is 1.23 bits per heavy atom. The van der Waals surface area contributed by atoms with Gasteiger partial charge in [-0.15, -0.1) is 0 Å². The van der Waals surface area contributed by atoms with Gasteiger partial charge < -0.3 is 0 Å². The third-order valence-electron chi connectivity index (χ3n) is 2.52. The molecule has 118 valence electrons. The van der Waals surface area contributed by atoms with Gasteiger partial charge in [0.2, 0.25) is 5.84 Å². The average Bonchev–Trinajstić information content (AvgIpc) is 2.65. The minimum absolute atomic E-state index is 0.201. The lowest BCUT2D eigenvalue weighted by molar-refractivity contribution is -0.111. The summed E-state index contributed by atoms with van der Waals surface area (Å²) in [5.74, 6) is -1.19. The van der Waals surface area contributed by atoms with Crippen LogP contribution >= 0.6 is 84.2 Å². The van der Waals surface area contributed by atoms with Crippen molar-refractivity contribution < 1.29 is 9.59 Å². The largest absolute Gasteiger partial charge is 0.341 e. The first-order valence-corrected chi connectivity index (χ1v) is 9.15. The van der Waals surface area contributed by atoms with Gasteiger partial charge in [0, 0.05) is 4.47 Å². The van der Waals surface area contributed by atoms with Gasteiger partial charge in [0.05, 0.1) is 21.9 Å². The minimum Gasteiger partial charge on any atom is -0.265 e. The van der Waals surface area contributed by atoms with Crippen LogP contribution < -0.4 is 4.90 Å². The highest BCUT2D eigenvalue weighted by atomic mass is 79.9. The highest BCUT2D eigenvalue weighted by Crippen LogP contribution is 2.38. The molecule has 3 amide bonds. The maximum atomic E-state index is 12.4. The molecule has 0 spiro atoms. The molecule has 0 radical (unpaired) electrons. The standard InChI is InChI=1S/C10H3BrCl5N3O2S/c11-5-2-1-4(3-6(5)12)18-8(20)7(17-22-16)19(9(18)21)10(13,14)15/h1-3H/b17-7-. The van der Waals surface area contributed by atoms with Crippen molar-refractivity contribution in [2.24, 2.45) is 4.40 Å². The van der Waals surface area contributed by atoms with Gasteiger partial charge in [0.1, 0.15) is 0 Å². The first-order chi connectivity index (χ1) is 10.2. The second-order valence-corrected chi connectivity index (χ2v) is 8.03. The van der Waals surface area contributed by atoms with Gasteiger partial charge >= 0.3 is 11.9 Å². The Labute approximate surface area is 162 Å². The van der Waals surface area contributed by atoms with Gasteiger partial charge in [0.15, 0.2) is 0 Å². The van der Waals surface area contributed by atoms with E-state index in [2.05, 4.69) is 20.3 Å². The zero-order valence-corrected chi connectivity index (χ0v) is 16.2. The molecule has 1 saturated heterocycles. The van der Waals surface area contributed by atoms with Crippen molar-refractivity contribution in [1.82, 2.24) is 4.90 Å². The number of amides is 3. The summed E-state index contributed by atoms with van der Waals surface area (Å²) in [6.07, 6.45) is 0. The number of imide groups is 1. The van der Waals surface area contributed by atoms with Gasteiger partial charge in [-0.3, -0.25) is 4.79 Å². The molecule has 0 atom stereocenters. The van der Waals surface area contributed by atoms with Crippen LogP contribution in [0.5, 0.6) is 0 Å². The monoisotopic (exact) mass is 483 g/mol. The smallest absolute Gasteiger partial charge is 0.265 e. The van der Waals surface area contributed by atoms with E-state index in [4.69, 9.17) is 57.1 Å². The van der Waals surface area contributed by atoms with E-state index in [1.807, 2.05) is 0 Å². The van der Waals surface area contributed by atoms with Crippen LogP contribution in [0.25, 0.3) is 0 Å². The molecule has 1 aromatic carbocycles. The van der Waals surface area contributed by atoms with Gasteiger partial charge in [-0.25, -0.2) is 14.6 Å². The summed E-state index contributed by atoms with van der Waals surface area (Å²) in [7, 11) is 5.41. The number of amidine groups is 1. The number of nitrogens with zero attached hydrogens (tertiary/aromatic N) is 3. The lowest BCUT2D eigenvalue weighted by Crippen LogP contribution is -2.41. The zero-order valence-electron chi connectivity index (χ0n) is 10.1. The van der Waals surface area contributed by atoms with Crippen molar-refractivity contribution in [1.29, 1.82) is 0 Å². The van der Waals surface area contributed by atoms with Crippen molar-refractivity contribution in [3.8, 4) is 0 Å². The highest BCUT2D eigenvalue weighted by Gasteiger charge is 2.52. The third kappa shape index (κ3) is 3.45. The van der Waals surface area contributed by atoms with E-state index in [0.717, 1.165) is 4.90 Å². The summed E-state index contributed by atoms with van der Waals surface area (Å²) < 4.78 is 2.03. The second kappa shape index (κ2) is 6.93. The van der Waals surface area contributed by atoms with Crippen molar-refractivity contribution in [3.63, 3.8) is 0 Å². The van der Waals surface area contributed by atoms with Crippen LogP contribution in [-0.4, -0.2) is 26.6 Å². The van der Waals surface area contributed by atoms with Crippen molar-refractivity contribution in [2.45, 2.75) is 3.92 Å². The molecule has 0 aromatic heterocycles. The molecule has 0 unspecified atom stereocenters. The molecule has 5 nitrogen and oxygen atoms in total. The molecule has 12 heteroatoms. The number of carbonyl (C=O) groups is 2. The van der Waals surface area contributed by atoms with Crippen LogP contribution in [0.4, 0.5) is 10.5 Å². The summed E-state index contributed by atoms with van der Waals surface area (Å²) >= 11 is 26.8. The summed E-state index contributed by atoms with van der Waals surface area (Å²) in [5, 5.41) is 0.302. The van der Waals surface area contributed by atoms with Crippen LogP contribution in [-0.2, 0) is 4.79 Å². The van der Waals surface area contributed by atoms with E-state index < -0.39 is 21.7 Å². The number of alkyl halides is 3. The Balaban J connectivity index is 2.54. The molecule has 0 N–H and O–H groups in total. The lowest BCUT2D eigenvalue weighted by Gasteiger charge is -2.23. The number of urea groups is 1. The SMILES string of the molecule is O=C1/C(=N/SCl)N(C(Cl)(Cl)Cl)C(=O)N1c1ccc(Br)c(Cl)c1. The topological polar surface area (TPSA) is 53.0 Å². The van der Waals surface area contributed by atoms with E-state index in [0.29, 0.717) is 25.6 Å². The van der Waals surface area contributed by atoms with E-state index >= 15 is 0 Å². The van der Waals surface area contributed by atoms with E-state index in [1.54, 1.807) is 6.07 Å². The van der Waals surface area contributed by atoms with Crippen LogP contribution in [0, 0.1) is 0 Å². The minimum atomic E-state index is -2.20. The molecule has 0 aliphatic carbocycles. The van der Waals surface area contributed by atoms with Crippen molar-refractivity contribution in [2.75, 3.05) is 4.90 Å². The van der Waals surface area contributed by atoms with Crippen molar-refractivity contribution in [3.05, 3.63) is 27.7 Å². The normalized spacial score (nSPS) is 17.8. The molecular formula is C10H3BrCl5N3O2S. The Morgan fingerprint density at radius 3 is 2.36 bits per heavy atom. The summed E-state index contributed by atoms with van der Waals surface area (Å²) in [6.45, 7) is 0. The number of hydrogen-bond acceptors (Lipinski definition) is 4. The summed E-state index contributed by atoms with van der Waals surface area (Å²) in [5.41, 5.74) is 0.201. The molecule has 1 aromatic rings. The van der Waals surface area contributed by atoms with Crippen LogP contribution in [0.15, 0.2) is 27.1 Å². The zero-order chi connectivity index (χ0) is 16.7. The predicted molar refractivity (Wildman–Crippen MR) is 95.0 cm³/mol. The first-order valence-electron chi connectivity index (χ1n) is 5.24. The van der Waals surface area contributed by atoms with Crippen LogP contribution in [0.2, 0.25) is 5.02 Å². The van der Waals surface area contributed by atoms with Gasteiger partial charge in [-0.2, -0.15) is 4.40 Å². The number of rotatable bonds is 2. The third-order valence-corrected chi connectivity index (χ3v) is 4.71. The maximum absolute atomic E-state index is 12.4. The average molecular weight is 486 g/mol. The Bertz CT molecular complexity index is 681. The fourth-order valence-electron chi connectivity index (χ4n) is 1.67. The number of carbonyl (C=O) groups excluding carboxylic acids is 2. The highest BCUT2D eigenvalue weighted by molar-refractivity contribution is 9.10. The molecule has 0 bridgehead atoms. The number of hydrogen-bond donors (Lipinski definition) is 0. The molecule has 1 aliphatic rings. The van der Waals surface area contributed by atoms with Crippen LogP contribution in [0.1, 0.15) is 0 Å². The maximum Gasteiger partial charge on any atom is 0.341 e. The Hall–Kier alpha value is 0.110. The fraction of sp³-hybridized carbons (Fsp3) is 0.100. The molecule has 1 heterocycles.